The van der Waals surface area contributed by atoms with E-state index in [9.17, 15) is 33.6 Å². The number of fused-ring (bicyclic) bond motifs is 1. The van der Waals surface area contributed by atoms with E-state index in [4.69, 9.17) is 5.73 Å². The smallest absolute Gasteiger partial charge is 0.243 e. The summed E-state index contributed by atoms with van der Waals surface area (Å²) >= 11 is 1.59. The molecule has 324 valence electrons. The number of para-hydroxylation sites is 1. The molecule has 0 saturated carbocycles. The van der Waals surface area contributed by atoms with E-state index < -0.39 is 90.1 Å². The molecule has 0 radical (unpaired) electrons. The third-order valence-corrected chi connectivity index (χ3v) is 10.2. The lowest BCUT2D eigenvalue weighted by Crippen LogP contribution is -2.58. The van der Waals surface area contributed by atoms with Crippen molar-refractivity contribution in [1.82, 2.24) is 52.2 Å². The van der Waals surface area contributed by atoms with Crippen molar-refractivity contribution >= 4 is 64.0 Å². The van der Waals surface area contributed by atoms with E-state index in [0.29, 0.717) is 18.5 Å². The number of nitrogens with one attached hydrogen (secondary N) is 9. The van der Waals surface area contributed by atoms with Crippen molar-refractivity contribution in [2.45, 2.75) is 103 Å². The number of aromatic nitrogens is 3. The van der Waals surface area contributed by atoms with Crippen LogP contribution in [0.15, 0.2) is 43.0 Å². The first-order valence-electron chi connectivity index (χ1n) is 19.8. The maximum absolute atomic E-state index is 13.7. The second-order valence-corrected chi connectivity index (χ2v) is 16.4. The Hall–Kier alpha value is -5.43. The number of primary amides is 1. The molecular formula is C40H61N11O7S. The lowest BCUT2D eigenvalue weighted by molar-refractivity contribution is -0.134. The van der Waals surface area contributed by atoms with Crippen LogP contribution in [0.25, 0.3) is 10.9 Å². The van der Waals surface area contributed by atoms with Gasteiger partial charge in [0.1, 0.15) is 24.2 Å². The molecule has 1 aromatic carbocycles. The third-order valence-electron chi connectivity index (χ3n) is 9.51. The minimum absolute atomic E-state index is 0.0733. The van der Waals surface area contributed by atoms with E-state index >= 15 is 0 Å². The van der Waals surface area contributed by atoms with Crippen LogP contribution in [0.2, 0.25) is 0 Å². The molecule has 3 aromatic rings. The largest absolute Gasteiger partial charge is 0.368 e. The van der Waals surface area contributed by atoms with Gasteiger partial charge < -0.3 is 52.9 Å². The fraction of sp³-hybridized carbons (Fsp3) is 0.550. The Labute approximate surface area is 349 Å². The van der Waals surface area contributed by atoms with E-state index in [1.807, 2.05) is 44.4 Å². The van der Waals surface area contributed by atoms with Crippen LogP contribution in [0, 0.1) is 11.8 Å². The molecular weight excluding hydrogens is 779 g/mol. The summed E-state index contributed by atoms with van der Waals surface area (Å²) < 4.78 is 0. The quantitative estimate of drug-likeness (QED) is 0.0552. The Morgan fingerprint density at radius 1 is 0.814 bits per heavy atom. The Bertz CT molecular complexity index is 1870. The van der Waals surface area contributed by atoms with Gasteiger partial charge in [-0.2, -0.15) is 11.8 Å². The van der Waals surface area contributed by atoms with Gasteiger partial charge in [0, 0.05) is 61.3 Å². The maximum Gasteiger partial charge on any atom is 0.243 e. The van der Waals surface area contributed by atoms with Gasteiger partial charge in [-0.1, -0.05) is 45.9 Å². The van der Waals surface area contributed by atoms with E-state index in [1.165, 1.54) is 26.4 Å². The van der Waals surface area contributed by atoms with Crippen LogP contribution in [0.4, 0.5) is 0 Å². The predicted octanol–water partition coefficient (Wildman–Crippen LogP) is 0.155. The van der Waals surface area contributed by atoms with Crippen LogP contribution in [-0.4, -0.2) is 118 Å². The molecule has 3 rings (SSSR count). The van der Waals surface area contributed by atoms with Gasteiger partial charge in [-0.25, -0.2) is 4.98 Å². The van der Waals surface area contributed by atoms with Gasteiger partial charge in [0.15, 0.2) is 0 Å². The summed E-state index contributed by atoms with van der Waals surface area (Å²) in [6.07, 6.45) is 8.05. The van der Waals surface area contributed by atoms with Crippen molar-refractivity contribution in [2.75, 3.05) is 25.1 Å². The molecule has 0 saturated heterocycles. The number of thioether (sulfide) groups is 1. The number of carbonyl (C=O) groups is 7. The van der Waals surface area contributed by atoms with Gasteiger partial charge in [-0.3, -0.25) is 33.6 Å². The zero-order chi connectivity index (χ0) is 43.6. The SMILES string of the molecule is CSCC[C@H](NC[C@H](CC(C)C)NC(=O)[C@H](Cc1cnc[nH]1)NC(=O)CNC(=O)[C@@H](NC(=O)[C@H](C)NC(=O)[C@H](Cc1c[nH]c2ccccc12)NC(C)=O)C(C)C)C(N)=O. The van der Waals surface area contributed by atoms with Crippen LogP contribution in [-0.2, 0) is 46.4 Å². The molecule has 6 atom stereocenters. The zero-order valence-electron chi connectivity index (χ0n) is 34.9. The molecule has 7 amide bonds. The van der Waals surface area contributed by atoms with Crippen molar-refractivity contribution in [3.05, 3.63) is 54.2 Å². The van der Waals surface area contributed by atoms with Gasteiger partial charge >= 0.3 is 0 Å². The number of rotatable bonds is 25. The molecule has 18 nitrogen and oxygen atoms in total. The summed E-state index contributed by atoms with van der Waals surface area (Å²) in [5, 5.41) is 20.3. The molecule has 11 N–H and O–H groups in total. The van der Waals surface area contributed by atoms with Crippen LogP contribution >= 0.6 is 11.8 Å². The first-order valence-corrected chi connectivity index (χ1v) is 21.2. The number of nitrogens with zero attached hydrogens (tertiary/aromatic N) is 1. The number of amides is 7. The summed E-state index contributed by atoms with van der Waals surface area (Å²) in [6.45, 7) is 9.96. The summed E-state index contributed by atoms with van der Waals surface area (Å²) in [6, 6.07) is 2.38. The summed E-state index contributed by atoms with van der Waals surface area (Å²) in [4.78, 5) is 101. The molecule has 2 heterocycles. The first-order chi connectivity index (χ1) is 28.0. The highest BCUT2D eigenvalue weighted by Gasteiger charge is 2.31. The number of nitrogens with two attached hydrogens (primary N) is 1. The number of imidazole rings is 1. The Morgan fingerprint density at radius 3 is 2.14 bits per heavy atom. The third kappa shape index (κ3) is 16.0. The Morgan fingerprint density at radius 2 is 1.51 bits per heavy atom. The van der Waals surface area contributed by atoms with Gasteiger partial charge in [-0.15, -0.1) is 0 Å². The zero-order valence-corrected chi connectivity index (χ0v) is 35.7. The second kappa shape index (κ2) is 23.8. The van der Waals surface area contributed by atoms with E-state index in [1.54, 1.807) is 31.8 Å². The summed E-state index contributed by atoms with van der Waals surface area (Å²) in [5.41, 5.74) is 7.87. The van der Waals surface area contributed by atoms with Crippen molar-refractivity contribution in [1.29, 1.82) is 0 Å². The van der Waals surface area contributed by atoms with Crippen molar-refractivity contribution in [3.63, 3.8) is 0 Å². The van der Waals surface area contributed by atoms with Gasteiger partial charge in [0.2, 0.25) is 41.4 Å². The van der Waals surface area contributed by atoms with Gasteiger partial charge in [0.25, 0.3) is 0 Å². The molecule has 0 unspecified atom stereocenters. The molecule has 0 fully saturated rings. The first kappa shape index (κ1) is 47.9. The predicted molar refractivity (Wildman–Crippen MR) is 227 cm³/mol. The normalized spacial score (nSPS) is 14.4. The maximum atomic E-state index is 13.7. The van der Waals surface area contributed by atoms with Crippen LogP contribution < -0.4 is 43.0 Å². The standard InChI is InChI=1S/C40H61N11O7S/c1-22(2)14-28(19-44-31(36(41)54)12-13-59-7)49-39(57)33(16-27-18-42-21-46-27)50-34(53)20-45-40(58)35(23(3)4)51-37(55)24(5)47-38(56)32(48-25(6)52)15-26-17-43-30-11-9-8-10-29(26)30/h8-11,17-18,21-24,28,31-33,35,43-44H,12-16,19-20H2,1-7H3,(H2,41,54)(H,42,46)(H,45,58)(H,47,56)(H,48,52)(H,49,57)(H,50,53)(H,51,55)/t24-,28-,31-,32-,33-,35-/m0/s1. The molecule has 0 spiro atoms. The number of benzene rings is 1. The molecule has 0 aliphatic rings. The average molecular weight is 840 g/mol. The Kier molecular flexibility index (Phi) is 19.4. The van der Waals surface area contributed by atoms with Crippen molar-refractivity contribution < 1.29 is 33.6 Å². The molecule has 2 aromatic heterocycles. The fourth-order valence-electron chi connectivity index (χ4n) is 6.45. The van der Waals surface area contributed by atoms with E-state index in [0.717, 1.165) is 22.2 Å². The second-order valence-electron chi connectivity index (χ2n) is 15.4. The Balaban J connectivity index is 1.62. The molecule has 0 bridgehead atoms. The minimum atomic E-state index is -1.09. The van der Waals surface area contributed by atoms with E-state index in [-0.39, 0.29) is 25.3 Å². The molecule has 59 heavy (non-hydrogen) atoms. The molecule has 0 aliphatic carbocycles. The number of hydrogen-bond donors (Lipinski definition) is 10. The summed E-state index contributed by atoms with van der Waals surface area (Å²) in [7, 11) is 0. The number of aromatic amines is 2. The lowest BCUT2D eigenvalue weighted by atomic mass is 10.0. The van der Waals surface area contributed by atoms with Gasteiger partial charge in [-0.05, 0) is 55.2 Å². The van der Waals surface area contributed by atoms with Crippen molar-refractivity contribution in [2.24, 2.45) is 17.6 Å². The topological polar surface area (TPSA) is 274 Å². The highest BCUT2D eigenvalue weighted by atomic mass is 32.2. The minimum Gasteiger partial charge on any atom is -0.368 e. The molecule has 0 aliphatic heterocycles. The van der Waals surface area contributed by atoms with Gasteiger partial charge in [0.05, 0.1) is 18.9 Å². The van der Waals surface area contributed by atoms with Crippen molar-refractivity contribution in [3.8, 4) is 0 Å². The summed E-state index contributed by atoms with van der Waals surface area (Å²) in [5.74, 6) is -3.42. The highest BCUT2D eigenvalue weighted by Crippen LogP contribution is 2.19. The van der Waals surface area contributed by atoms with Crippen LogP contribution in [0.3, 0.4) is 0 Å². The lowest BCUT2D eigenvalue weighted by Gasteiger charge is -2.27. The number of H-pyrrole nitrogens is 2. The monoisotopic (exact) mass is 839 g/mol. The van der Waals surface area contributed by atoms with E-state index in [2.05, 4.69) is 52.2 Å². The average Bonchev–Trinajstić information content (AvgIpc) is 3.84. The highest BCUT2D eigenvalue weighted by molar-refractivity contribution is 7.98. The van der Waals surface area contributed by atoms with Crippen LogP contribution in [0.5, 0.6) is 0 Å². The molecule has 19 heteroatoms. The number of hydrogen-bond acceptors (Lipinski definition) is 10. The van der Waals surface area contributed by atoms with Crippen LogP contribution in [0.1, 0.15) is 65.6 Å². The fourth-order valence-corrected chi connectivity index (χ4v) is 6.92. The number of carbonyl (C=O) groups excluding carboxylic acids is 7.